The summed E-state index contributed by atoms with van der Waals surface area (Å²) in [5.41, 5.74) is 2.68. The zero-order chi connectivity index (χ0) is 28.3. The lowest BCUT2D eigenvalue weighted by atomic mass is 10.0. The number of hydrogen-bond acceptors (Lipinski definition) is 3. The quantitative estimate of drug-likeness (QED) is 0.0905. The van der Waals surface area contributed by atoms with Gasteiger partial charge in [0.25, 0.3) is 0 Å². The second kappa shape index (κ2) is 18.9. The number of rotatable bonds is 21. The zero-order valence-electron chi connectivity index (χ0n) is 25.6. The fourth-order valence-corrected chi connectivity index (χ4v) is 4.98. The number of aryl methyl sites for hydroxylation is 1. The van der Waals surface area contributed by atoms with Crippen LogP contribution in [-0.4, -0.2) is 43.8 Å². The number of hydrogen-bond donors (Lipinski definition) is 0. The van der Waals surface area contributed by atoms with Crippen LogP contribution in [0, 0.1) is 5.92 Å². The van der Waals surface area contributed by atoms with Crippen molar-refractivity contribution < 1.29 is 18.8 Å². The topological polar surface area (TPSA) is 35.5 Å². The Labute approximate surface area is 239 Å². The molecule has 2 unspecified atom stereocenters. The lowest BCUT2D eigenvalue weighted by Gasteiger charge is -2.30. The second-order valence-corrected chi connectivity index (χ2v) is 12.1. The maximum atomic E-state index is 12.6. The lowest BCUT2D eigenvalue weighted by molar-refractivity contribution is -0.904. The van der Waals surface area contributed by atoms with Gasteiger partial charge in [-0.25, -0.2) is 0 Å². The van der Waals surface area contributed by atoms with E-state index in [2.05, 4.69) is 57.4 Å². The van der Waals surface area contributed by atoms with Crippen LogP contribution < -0.4 is 4.74 Å². The number of unbranched alkanes of at least 4 members (excludes halogenated alkanes) is 9. The average molecular weight is 539 g/mol. The predicted molar refractivity (Wildman–Crippen MR) is 164 cm³/mol. The molecular formula is C35H56NO3+. The van der Waals surface area contributed by atoms with E-state index in [1.54, 1.807) is 0 Å². The van der Waals surface area contributed by atoms with Gasteiger partial charge >= 0.3 is 5.97 Å². The van der Waals surface area contributed by atoms with Crippen molar-refractivity contribution in [2.45, 2.75) is 110 Å². The first-order valence-corrected chi connectivity index (χ1v) is 15.6. The SMILES string of the molecule is CCCCCCCCCCCCc1ccc(OC(C)COC(=O)C(C)CC[N+](C)(C)Cc2ccccc2)cc1. The maximum Gasteiger partial charge on any atom is 0.309 e. The molecule has 0 spiro atoms. The number of nitrogens with zero attached hydrogens (tertiary/aromatic N) is 1. The fraction of sp³-hybridized carbons (Fsp3) is 0.629. The van der Waals surface area contributed by atoms with Crippen LogP contribution in [0.25, 0.3) is 0 Å². The van der Waals surface area contributed by atoms with Gasteiger partial charge in [0.15, 0.2) is 0 Å². The van der Waals surface area contributed by atoms with Crippen molar-refractivity contribution in [1.82, 2.24) is 0 Å². The molecule has 0 aliphatic rings. The molecule has 0 aromatic heterocycles. The molecule has 218 valence electrons. The second-order valence-electron chi connectivity index (χ2n) is 12.1. The summed E-state index contributed by atoms with van der Waals surface area (Å²) in [5.74, 6) is 0.561. The Kier molecular flexibility index (Phi) is 15.9. The van der Waals surface area contributed by atoms with Gasteiger partial charge in [0, 0.05) is 12.0 Å². The van der Waals surface area contributed by atoms with Gasteiger partial charge in [-0.1, -0.05) is 114 Å². The summed E-state index contributed by atoms with van der Waals surface area (Å²) in [5, 5.41) is 0. The van der Waals surface area contributed by atoms with E-state index in [0.717, 1.165) is 36.2 Å². The van der Waals surface area contributed by atoms with Gasteiger partial charge < -0.3 is 14.0 Å². The smallest absolute Gasteiger partial charge is 0.309 e. The van der Waals surface area contributed by atoms with E-state index in [4.69, 9.17) is 9.47 Å². The molecule has 2 aromatic rings. The molecule has 0 N–H and O–H groups in total. The van der Waals surface area contributed by atoms with Gasteiger partial charge in [0.2, 0.25) is 0 Å². The predicted octanol–water partition coefficient (Wildman–Crippen LogP) is 8.76. The Morgan fingerprint density at radius 2 is 1.36 bits per heavy atom. The van der Waals surface area contributed by atoms with E-state index < -0.39 is 0 Å². The Morgan fingerprint density at radius 3 is 1.97 bits per heavy atom. The molecule has 4 nitrogen and oxygen atoms in total. The van der Waals surface area contributed by atoms with Crippen LogP contribution in [0.15, 0.2) is 54.6 Å². The summed E-state index contributed by atoms with van der Waals surface area (Å²) in [6, 6.07) is 18.9. The van der Waals surface area contributed by atoms with Crippen molar-refractivity contribution in [2.24, 2.45) is 5.92 Å². The molecule has 2 aromatic carbocycles. The molecule has 0 fully saturated rings. The molecule has 2 rings (SSSR count). The normalized spacial score (nSPS) is 13.2. The molecule has 39 heavy (non-hydrogen) atoms. The summed E-state index contributed by atoms with van der Waals surface area (Å²) < 4.78 is 12.4. The van der Waals surface area contributed by atoms with E-state index in [1.165, 1.54) is 75.3 Å². The molecular weight excluding hydrogens is 482 g/mol. The first kappa shape index (κ1) is 32.9. The van der Waals surface area contributed by atoms with Gasteiger partial charge in [0.05, 0.1) is 26.6 Å². The summed E-state index contributed by atoms with van der Waals surface area (Å²) in [7, 11) is 4.42. The molecule has 2 atom stereocenters. The van der Waals surface area contributed by atoms with Gasteiger partial charge in [-0.2, -0.15) is 0 Å². The van der Waals surface area contributed by atoms with Crippen LogP contribution in [0.4, 0.5) is 0 Å². The van der Waals surface area contributed by atoms with Gasteiger partial charge in [-0.3, -0.25) is 4.79 Å². The van der Waals surface area contributed by atoms with E-state index in [1.807, 2.05) is 32.0 Å². The third-order valence-electron chi connectivity index (χ3n) is 7.56. The number of quaternary nitrogens is 1. The summed E-state index contributed by atoms with van der Waals surface area (Å²) in [4.78, 5) is 12.6. The number of ether oxygens (including phenoxy) is 2. The Bertz CT molecular complexity index is 894. The third-order valence-corrected chi connectivity index (χ3v) is 7.56. The van der Waals surface area contributed by atoms with E-state index in [9.17, 15) is 4.79 Å². The molecule has 4 heteroatoms. The van der Waals surface area contributed by atoms with Crippen molar-refractivity contribution >= 4 is 5.97 Å². The third kappa shape index (κ3) is 15.1. The highest BCUT2D eigenvalue weighted by atomic mass is 16.6. The van der Waals surface area contributed by atoms with Crippen LogP contribution >= 0.6 is 0 Å². The molecule has 0 saturated carbocycles. The maximum absolute atomic E-state index is 12.6. The largest absolute Gasteiger partial charge is 0.487 e. The van der Waals surface area contributed by atoms with E-state index in [-0.39, 0.29) is 24.6 Å². The van der Waals surface area contributed by atoms with Crippen LogP contribution in [0.3, 0.4) is 0 Å². The summed E-state index contributed by atoms with van der Waals surface area (Å²) in [6.45, 7) is 8.33. The Hall–Kier alpha value is -2.33. The molecule has 0 heterocycles. The van der Waals surface area contributed by atoms with E-state index >= 15 is 0 Å². The standard InChI is InChI=1S/C35H56NO3/c1-6-7-8-9-10-11-12-13-14-16-19-32-22-24-34(25-23-32)39-31(3)29-38-35(37)30(2)26-27-36(4,5)28-33-20-17-15-18-21-33/h15,17-18,20-25,30-31H,6-14,16,19,26-29H2,1-5H3/q+1. The van der Waals surface area contributed by atoms with Crippen molar-refractivity contribution in [1.29, 1.82) is 0 Å². The summed E-state index contributed by atoms with van der Waals surface area (Å²) >= 11 is 0. The van der Waals surface area contributed by atoms with Crippen molar-refractivity contribution in [3.05, 3.63) is 65.7 Å². The Balaban J connectivity index is 1.57. The average Bonchev–Trinajstić information content (AvgIpc) is 2.92. The molecule has 0 aliphatic carbocycles. The number of esters is 1. The highest BCUT2D eigenvalue weighted by molar-refractivity contribution is 5.71. The van der Waals surface area contributed by atoms with Gasteiger partial charge in [-0.15, -0.1) is 0 Å². The van der Waals surface area contributed by atoms with Crippen molar-refractivity contribution in [2.75, 3.05) is 27.2 Å². The first-order chi connectivity index (χ1) is 18.8. The minimum atomic E-state index is -0.181. The molecule has 0 amide bonds. The number of carbonyl (C=O) groups is 1. The summed E-state index contributed by atoms with van der Waals surface area (Å²) in [6.07, 6.45) is 15.4. The van der Waals surface area contributed by atoms with Crippen molar-refractivity contribution in [3.63, 3.8) is 0 Å². The van der Waals surface area contributed by atoms with Gasteiger partial charge in [0.1, 0.15) is 25.0 Å². The lowest BCUT2D eigenvalue weighted by Crippen LogP contribution is -2.40. The highest BCUT2D eigenvalue weighted by Gasteiger charge is 2.22. The zero-order valence-corrected chi connectivity index (χ0v) is 25.6. The number of carbonyl (C=O) groups excluding carboxylic acids is 1. The molecule has 0 aliphatic heterocycles. The molecule has 0 radical (unpaired) electrons. The Morgan fingerprint density at radius 1 is 0.769 bits per heavy atom. The minimum Gasteiger partial charge on any atom is -0.487 e. The minimum absolute atomic E-state index is 0.129. The van der Waals surface area contributed by atoms with Crippen LogP contribution in [0.1, 0.15) is 103 Å². The van der Waals surface area contributed by atoms with Gasteiger partial charge in [-0.05, 0) is 37.5 Å². The highest BCUT2D eigenvalue weighted by Crippen LogP contribution is 2.18. The molecule has 0 saturated heterocycles. The van der Waals surface area contributed by atoms with E-state index in [0.29, 0.717) is 0 Å². The molecule has 0 bridgehead atoms. The van der Waals surface area contributed by atoms with Crippen LogP contribution in [0.5, 0.6) is 5.75 Å². The first-order valence-electron chi connectivity index (χ1n) is 15.6. The van der Waals surface area contributed by atoms with Crippen molar-refractivity contribution in [3.8, 4) is 5.75 Å². The van der Waals surface area contributed by atoms with Crippen LogP contribution in [0.2, 0.25) is 0 Å². The fourth-order valence-electron chi connectivity index (χ4n) is 4.98. The number of benzene rings is 2. The van der Waals surface area contributed by atoms with Crippen LogP contribution in [-0.2, 0) is 22.5 Å². The monoisotopic (exact) mass is 538 g/mol.